The van der Waals surface area contributed by atoms with Crippen LogP contribution in [-0.2, 0) is 17.6 Å². The number of carbonyl (C=O) groups is 3. The van der Waals surface area contributed by atoms with Crippen molar-refractivity contribution in [2.24, 2.45) is 0 Å². The average molecular weight is 392 g/mol. The van der Waals surface area contributed by atoms with Gasteiger partial charge in [-0.15, -0.1) is 0 Å². The molecule has 134 valence electrons. The number of imide groups is 1. The minimum absolute atomic E-state index is 0. The summed E-state index contributed by atoms with van der Waals surface area (Å²) in [6.45, 7) is 1.93. The summed E-state index contributed by atoms with van der Waals surface area (Å²) in [5.74, 6) is -0.0178. The standard InChI is InChI=1S/C19H18N2O4S.Na/c1-2-12-5-8-15(20-10-12)16(22)11-25-14-6-3-13(4-7-14)9-17-18(23)21-19(24)26-17;/h3-8,10,17H,2,9,11H2,1H3,(H,21,23,24);/q;+1/p-1. The molecule has 1 atom stereocenters. The summed E-state index contributed by atoms with van der Waals surface area (Å²) in [6, 6.07) is 10.7. The van der Waals surface area contributed by atoms with Crippen molar-refractivity contribution in [3.8, 4) is 5.75 Å². The average Bonchev–Trinajstić information content (AvgIpc) is 2.98. The quantitative estimate of drug-likeness (QED) is 0.506. The molecule has 1 aromatic heterocycles. The Kier molecular flexibility index (Phi) is 8.04. The van der Waals surface area contributed by atoms with Gasteiger partial charge in [-0.3, -0.25) is 9.78 Å². The van der Waals surface area contributed by atoms with Crippen molar-refractivity contribution < 1.29 is 48.7 Å². The van der Waals surface area contributed by atoms with Gasteiger partial charge in [0, 0.05) is 6.20 Å². The van der Waals surface area contributed by atoms with Gasteiger partial charge >= 0.3 is 29.6 Å². The number of amides is 2. The molecule has 8 heteroatoms. The predicted octanol–water partition coefficient (Wildman–Crippen LogP) is 0.588. The molecule has 1 aliphatic rings. The first kappa shape index (κ1) is 21.6. The van der Waals surface area contributed by atoms with Crippen LogP contribution in [0.4, 0.5) is 4.79 Å². The van der Waals surface area contributed by atoms with Crippen LogP contribution < -0.4 is 34.3 Å². The second kappa shape index (κ2) is 10.0. The smallest absolute Gasteiger partial charge is 0.585 e. The van der Waals surface area contributed by atoms with Gasteiger partial charge in [-0.25, -0.2) is 0 Å². The number of nitrogens with zero attached hydrogens (tertiary/aromatic N) is 2. The zero-order valence-corrected chi connectivity index (χ0v) is 18.0. The van der Waals surface area contributed by atoms with E-state index in [4.69, 9.17) is 4.74 Å². The van der Waals surface area contributed by atoms with Crippen molar-refractivity contribution in [2.75, 3.05) is 6.61 Å². The monoisotopic (exact) mass is 392 g/mol. The summed E-state index contributed by atoms with van der Waals surface area (Å²) in [7, 11) is 0. The van der Waals surface area contributed by atoms with E-state index in [2.05, 4.69) is 10.3 Å². The number of benzene rings is 1. The minimum atomic E-state index is -0.451. The predicted molar refractivity (Wildman–Crippen MR) is 98.7 cm³/mol. The van der Waals surface area contributed by atoms with Gasteiger partial charge < -0.3 is 19.6 Å². The second-order valence-corrected chi connectivity index (χ2v) is 6.94. The van der Waals surface area contributed by atoms with Gasteiger partial charge in [0.2, 0.25) is 5.78 Å². The molecule has 27 heavy (non-hydrogen) atoms. The molecular weight excluding hydrogens is 375 g/mol. The number of hydrogen-bond acceptors (Lipinski definition) is 6. The molecule has 2 aromatic rings. The van der Waals surface area contributed by atoms with Gasteiger partial charge in [0.25, 0.3) is 0 Å². The Morgan fingerprint density at radius 3 is 2.41 bits per heavy atom. The fraction of sp³-hybridized carbons (Fsp3) is 0.263. The number of ketones is 1. The summed E-state index contributed by atoms with van der Waals surface area (Å²) in [6.07, 6.45) is 3.00. The maximum absolute atomic E-state index is 12.1. The molecular formula is C19H17N2NaO4S. The van der Waals surface area contributed by atoms with Gasteiger partial charge in [-0.2, -0.15) is 0 Å². The molecule has 2 amide bonds. The maximum atomic E-state index is 12.1. The van der Waals surface area contributed by atoms with Gasteiger partial charge in [-0.05, 0) is 42.2 Å². The van der Waals surface area contributed by atoms with E-state index in [9.17, 15) is 14.4 Å². The van der Waals surface area contributed by atoms with Crippen LogP contribution in [0.1, 0.15) is 28.5 Å². The Balaban J connectivity index is 0.00000261. The van der Waals surface area contributed by atoms with Gasteiger partial charge in [0.15, 0.2) is 6.61 Å². The summed E-state index contributed by atoms with van der Waals surface area (Å²) < 4.78 is 5.51. The summed E-state index contributed by atoms with van der Waals surface area (Å²) in [5.41, 5.74) is 2.35. The van der Waals surface area contributed by atoms with E-state index in [0.717, 1.165) is 29.3 Å². The molecule has 1 fully saturated rings. The van der Waals surface area contributed by atoms with Crippen LogP contribution in [0.3, 0.4) is 0 Å². The normalized spacial score (nSPS) is 15.8. The van der Waals surface area contributed by atoms with Crippen LogP contribution in [0.15, 0.2) is 42.6 Å². The van der Waals surface area contributed by atoms with E-state index in [-0.39, 0.29) is 47.9 Å². The molecule has 0 bridgehead atoms. The molecule has 0 N–H and O–H groups in total. The molecule has 0 radical (unpaired) electrons. The zero-order chi connectivity index (χ0) is 18.5. The molecule has 2 heterocycles. The molecule has 0 aliphatic carbocycles. The van der Waals surface area contributed by atoms with E-state index in [1.54, 1.807) is 24.4 Å². The third-order valence-corrected chi connectivity index (χ3v) is 4.90. The largest absolute Gasteiger partial charge is 1.00 e. The molecule has 0 saturated carbocycles. The topological polar surface area (TPSA) is 87.4 Å². The Bertz CT molecular complexity index is 825. The third kappa shape index (κ3) is 5.90. The third-order valence-electron chi connectivity index (χ3n) is 3.95. The van der Waals surface area contributed by atoms with Crippen LogP contribution >= 0.6 is 11.8 Å². The number of hydrogen-bond donors (Lipinski definition) is 0. The Hall–Kier alpha value is -1.67. The van der Waals surface area contributed by atoms with Crippen LogP contribution in [0.5, 0.6) is 5.75 Å². The Morgan fingerprint density at radius 1 is 1.15 bits per heavy atom. The molecule has 1 unspecified atom stereocenters. The van der Waals surface area contributed by atoms with Gasteiger partial charge in [0.05, 0.1) is 11.2 Å². The van der Waals surface area contributed by atoms with Gasteiger partial charge in [0.1, 0.15) is 16.7 Å². The van der Waals surface area contributed by atoms with Crippen molar-refractivity contribution in [2.45, 2.75) is 25.0 Å². The van der Waals surface area contributed by atoms with Crippen LogP contribution in [0.25, 0.3) is 5.32 Å². The number of carbonyl (C=O) groups excluding carboxylic acids is 3. The first-order chi connectivity index (χ1) is 12.5. The molecule has 1 aromatic carbocycles. The van der Waals surface area contributed by atoms with E-state index < -0.39 is 10.5 Å². The molecule has 1 aliphatic heterocycles. The van der Waals surface area contributed by atoms with E-state index in [1.165, 1.54) is 0 Å². The van der Waals surface area contributed by atoms with Crippen molar-refractivity contribution >= 4 is 28.7 Å². The van der Waals surface area contributed by atoms with Crippen LogP contribution in [0, 0.1) is 0 Å². The molecule has 3 rings (SSSR count). The summed E-state index contributed by atoms with van der Waals surface area (Å²) in [5, 5.41) is 2.51. The first-order valence-corrected chi connectivity index (χ1v) is 9.09. The number of rotatable bonds is 7. The molecule has 1 saturated heterocycles. The van der Waals surface area contributed by atoms with E-state index in [1.807, 2.05) is 25.1 Å². The maximum Gasteiger partial charge on any atom is 1.00 e. The first-order valence-electron chi connectivity index (χ1n) is 8.21. The van der Waals surface area contributed by atoms with Crippen molar-refractivity contribution in [3.05, 3.63) is 64.7 Å². The zero-order valence-electron chi connectivity index (χ0n) is 15.2. The van der Waals surface area contributed by atoms with Crippen LogP contribution in [-0.4, -0.2) is 33.8 Å². The summed E-state index contributed by atoms with van der Waals surface area (Å²) >= 11 is 0.949. The minimum Gasteiger partial charge on any atom is -0.585 e. The second-order valence-electron chi connectivity index (χ2n) is 5.79. The fourth-order valence-electron chi connectivity index (χ4n) is 2.45. The Labute approximate surface area is 183 Å². The van der Waals surface area contributed by atoms with Gasteiger partial charge in [-0.1, -0.05) is 36.9 Å². The molecule has 0 spiro atoms. The number of ether oxygens (including phenoxy) is 1. The number of Topliss-reactive ketones (excluding diaryl/α,β-unsaturated/α-hetero) is 1. The van der Waals surface area contributed by atoms with Crippen molar-refractivity contribution in [1.29, 1.82) is 0 Å². The number of pyridine rings is 1. The van der Waals surface area contributed by atoms with Crippen molar-refractivity contribution in [1.82, 2.24) is 4.98 Å². The Morgan fingerprint density at radius 2 is 1.85 bits per heavy atom. The summed E-state index contributed by atoms with van der Waals surface area (Å²) in [4.78, 5) is 38.9. The number of aromatic nitrogens is 1. The van der Waals surface area contributed by atoms with E-state index >= 15 is 0 Å². The number of aryl methyl sites for hydroxylation is 1. The number of thioether (sulfide) groups is 1. The van der Waals surface area contributed by atoms with Crippen molar-refractivity contribution in [3.63, 3.8) is 0 Å². The van der Waals surface area contributed by atoms with E-state index in [0.29, 0.717) is 17.9 Å². The van der Waals surface area contributed by atoms with Crippen LogP contribution in [0.2, 0.25) is 0 Å². The molecule has 6 nitrogen and oxygen atoms in total. The fourth-order valence-corrected chi connectivity index (χ4v) is 3.26. The SMILES string of the molecule is CCc1ccc(C(=O)COc2ccc(CC3SC(=O)[N-]C3=O)cc2)nc1.[Na+].